The van der Waals surface area contributed by atoms with Crippen LogP contribution in [0.5, 0.6) is 5.75 Å². The molecule has 1 amide bonds. The number of carbonyl (C=O) groups excluding carboxylic acids is 1. The van der Waals surface area contributed by atoms with E-state index < -0.39 is 17.8 Å². The highest BCUT2D eigenvalue weighted by Gasteiger charge is 2.37. The molecule has 0 spiro atoms. The van der Waals surface area contributed by atoms with Gasteiger partial charge in [-0.3, -0.25) is 9.48 Å². The number of nitrogens with one attached hydrogen (secondary N) is 1. The lowest BCUT2D eigenvalue weighted by molar-refractivity contribution is -0.140. The molecule has 0 bridgehead atoms. The second-order valence-corrected chi connectivity index (χ2v) is 6.01. The summed E-state index contributed by atoms with van der Waals surface area (Å²) in [6.07, 6.45) is -4.57. The summed E-state index contributed by atoms with van der Waals surface area (Å²) in [5.74, 6) is 0.158. The predicted molar refractivity (Wildman–Crippen MR) is 84.5 cm³/mol. The maximum atomic E-state index is 13.0. The molecule has 0 radical (unpaired) electrons. The molecule has 0 aliphatic rings. The minimum Gasteiger partial charge on any atom is -0.497 e. The summed E-state index contributed by atoms with van der Waals surface area (Å²) < 4.78 is 45.1. The quantitative estimate of drug-likeness (QED) is 0.775. The van der Waals surface area contributed by atoms with E-state index in [1.807, 2.05) is 0 Å². The third kappa shape index (κ3) is 2.94. The average Bonchev–Trinajstić information content (AvgIpc) is 3.08. The van der Waals surface area contributed by atoms with Gasteiger partial charge >= 0.3 is 6.18 Å². The average molecular weight is 355 g/mol. The van der Waals surface area contributed by atoms with Crippen LogP contribution in [0.1, 0.15) is 15.4 Å². The van der Waals surface area contributed by atoms with Crippen molar-refractivity contribution in [1.82, 2.24) is 9.78 Å². The van der Waals surface area contributed by atoms with Crippen LogP contribution in [0, 0.1) is 0 Å². The molecular formula is C15H12F3N3O2S. The van der Waals surface area contributed by atoms with Crippen molar-refractivity contribution in [3.05, 3.63) is 40.9 Å². The van der Waals surface area contributed by atoms with Gasteiger partial charge in [0, 0.05) is 18.1 Å². The molecule has 126 valence electrons. The van der Waals surface area contributed by atoms with Gasteiger partial charge in [-0.05, 0) is 30.3 Å². The van der Waals surface area contributed by atoms with Crippen LogP contribution in [0.2, 0.25) is 0 Å². The predicted octanol–water partition coefficient (Wildman–Crippen LogP) is 3.91. The summed E-state index contributed by atoms with van der Waals surface area (Å²) in [5, 5.41) is 6.05. The number of aryl methyl sites for hydroxylation is 1. The van der Waals surface area contributed by atoms with E-state index in [1.165, 1.54) is 20.2 Å². The second kappa shape index (κ2) is 5.82. The lowest BCUT2D eigenvalue weighted by Crippen LogP contribution is -2.10. The highest BCUT2D eigenvalue weighted by atomic mass is 32.1. The van der Waals surface area contributed by atoms with E-state index in [0.717, 1.165) is 16.0 Å². The first-order chi connectivity index (χ1) is 11.3. The number of ether oxygens (including phenoxy) is 1. The molecule has 0 unspecified atom stereocenters. The van der Waals surface area contributed by atoms with E-state index in [-0.39, 0.29) is 10.3 Å². The summed E-state index contributed by atoms with van der Waals surface area (Å²) >= 11 is 0.960. The zero-order chi connectivity index (χ0) is 17.5. The molecule has 0 fully saturated rings. The third-order valence-electron chi connectivity index (χ3n) is 3.35. The smallest absolute Gasteiger partial charge is 0.435 e. The number of hydrogen-bond acceptors (Lipinski definition) is 4. The van der Waals surface area contributed by atoms with Crippen molar-refractivity contribution < 1.29 is 22.7 Å². The Morgan fingerprint density at radius 1 is 1.29 bits per heavy atom. The molecule has 2 aromatic heterocycles. The zero-order valence-corrected chi connectivity index (χ0v) is 13.5. The van der Waals surface area contributed by atoms with Gasteiger partial charge in [0.2, 0.25) is 0 Å². The fourth-order valence-corrected chi connectivity index (χ4v) is 3.20. The number of rotatable bonds is 3. The highest BCUT2D eigenvalue weighted by molar-refractivity contribution is 7.20. The number of methoxy groups -OCH3 is 1. The minimum atomic E-state index is -4.57. The van der Waals surface area contributed by atoms with Crippen LogP contribution in [-0.4, -0.2) is 22.8 Å². The number of benzene rings is 1. The maximum Gasteiger partial charge on any atom is 0.435 e. The number of nitrogens with zero attached hydrogens (tertiary/aromatic N) is 2. The van der Waals surface area contributed by atoms with Crippen molar-refractivity contribution in [2.75, 3.05) is 12.4 Å². The van der Waals surface area contributed by atoms with Crippen LogP contribution in [0.3, 0.4) is 0 Å². The van der Waals surface area contributed by atoms with Crippen LogP contribution in [0.15, 0.2) is 30.3 Å². The monoisotopic (exact) mass is 355 g/mol. The number of amides is 1. The van der Waals surface area contributed by atoms with E-state index in [1.54, 1.807) is 24.3 Å². The number of anilines is 1. The minimum absolute atomic E-state index is 0.0742. The van der Waals surface area contributed by atoms with Gasteiger partial charge in [-0.1, -0.05) is 0 Å². The van der Waals surface area contributed by atoms with Crippen molar-refractivity contribution in [3.8, 4) is 5.75 Å². The number of thiophene rings is 1. The summed E-state index contributed by atoms with van der Waals surface area (Å²) in [6.45, 7) is 0. The molecule has 0 saturated carbocycles. The Morgan fingerprint density at radius 3 is 2.54 bits per heavy atom. The molecule has 3 aromatic rings. The van der Waals surface area contributed by atoms with Crippen LogP contribution in [0.4, 0.5) is 18.9 Å². The Balaban J connectivity index is 1.90. The van der Waals surface area contributed by atoms with Gasteiger partial charge in [-0.15, -0.1) is 11.3 Å². The Bertz CT molecular complexity index is 897. The SMILES string of the molecule is COc1ccc(NC(=O)c2cc3c(C(F)(F)F)nn(C)c3s2)cc1. The fourth-order valence-electron chi connectivity index (χ4n) is 2.23. The van der Waals surface area contributed by atoms with E-state index in [0.29, 0.717) is 16.3 Å². The summed E-state index contributed by atoms with van der Waals surface area (Å²) in [6, 6.07) is 7.85. The first-order valence-electron chi connectivity index (χ1n) is 6.78. The molecule has 5 nitrogen and oxygen atoms in total. The van der Waals surface area contributed by atoms with Crippen molar-refractivity contribution in [2.24, 2.45) is 7.05 Å². The van der Waals surface area contributed by atoms with Gasteiger partial charge in [0.15, 0.2) is 5.69 Å². The Kier molecular flexibility index (Phi) is 3.96. The summed E-state index contributed by atoms with van der Waals surface area (Å²) in [7, 11) is 2.94. The molecule has 0 aliphatic carbocycles. The standard InChI is InChI=1S/C15H12F3N3O2S/c1-21-14-10(12(20-21)15(16,17)18)7-11(24-14)13(22)19-8-3-5-9(23-2)6-4-8/h3-7H,1-2H3,(H,19,22). The van der Waals surface area contributed by atoms with Gasteiger partial charge in [0.25, 0.3) is 5.91 Å². The number of carbonyl (C=O) groups is 1. The first kappa shape index (κ1) is 16.3. The molecule has 2 heterocycles. The van der Waals surface area contributed by atoms with Crippen molar-refractivity contribution >= 4 is 33.1 Å². The Hall–Kier alpha value is -2.55. The van der Waals surface area contributed by atoms with Gasteiger partial charge in [-0.25, -0.2) is 0 Å². The van der Waals surface area contributed by atoms with Gasteiger partial charge < -0.3 is 10.1 Å². The van der Waals surface area contributed by atoms with Crippen LogP contribution in [0.25, 0.3) is 10.2 Å². The Labute approximate surface area is 138 Å². The maximum absolute atomic E-state index is 13.0. The van der Waals surface area contributed by atoms with Crippen molar-refractivity contribution in [2.45, 2.75) is 6.18 Å². The van der Waals surface area contributed by atoms with E-state index in [9.17, 15) is 18.0 Å². The van der Waals surface area contributed by atoms with E-state index >= 15 is 0 Å². The zero-order valence-electron chi connectivity index (χ0n) is 12.6. The molecule has 1 aromatic carbocycles. The number of aromatic nitrogens is 2. The largest absolute Gasteiger partial charge is 0.497 e. The molecular weight excluding hydrogens is 343 g/mol. The summed E-state index contributed by atoms with van der Waals surface area (Å²) in [5.41, 5.74) is -0.466. The third-order valence-corrected chi connectivity index (χ3v) is 4.55. The van der Waals surface area contributed by atoms with E-state index in [2.05, 4.69) is 10.4 Å². The molecule has 24 heavy (non-hydrogen) atoms. The second-order valence-electron chi connectivity index (χ2n) is 4.98. The number of halogens is 3. The lowest BCUT2D eigenvalue weighted by Gasteiger charge is -2.05. The molecule has 0 saturated heterocycles. The van der Waals surface area contributed by atoms with Crippen LogP contribution < -0.4 is 10.1 Å². The van der Waals surface area contributed by atoms with Gasteiger partial charge in [0.05, 0.1) is 12.0 Å². The van der Waals surface area contributed by atoms with Crippen LogP contribution in [-0.2, 0) is 13.2 Å². The molecule has 3 rings (SSSR count). The molecule has 0 atom stereocenters. The number of fused-ring (bicyclic) bond motifs is 1. The molecule has 0 aliphatic heterocycles. The van der Waals surface area contributed by atoms with E-state index in [4.69, 9.17) is 4.74 Å². The van der Waals surface area contributed by atoms with Crippen LogP contribution >= 0.6 is 11.3 Å². The van der Waals surface area contributed by atoms with Gasteiger partial charge in [-0.2, -0.15) is 18.3 Å². The normalized spacial score (nSPS) is 11.7. The lowest BCUT2D eigenvalue weighted by atomic mass is 10.2. The topological polar surface area (TPSA) is 56.1 Å². The fraction of sp³-hybridized carbons (Fsp3) is 0.200. The van der Waals surface area contributed by atoms with Crippen molar-refractivity contribution in [1.29, 1.82) is 0 Å². The number of hydrogen-bond donors (Lipinski definition) is 1. The Morgan fingerprint density at radius 2 is 1.96 bits per heavy atom. The van der Waals surface area contributed by atoms with Gasteiger partial charge in [0.1, 0.15) is 10.6 Å². The summed E-state index contributed by atoms with van der Waals surface area (Å²) in [4.78, 5) is 12.7. The molecule has 9 heteroatoms. The molecule has 1 N–H and O–H groups in total. The van der Waals surface area contributed by atoms with Crippen molar-refractivity contribution in [3.63, 3.8) is 0 Å². The first-order valence-corrected chi connectivity index (χ1v) is 7.60. The highest BCUT2D eigenvalue weighted by Crippen LogP contribution is 2.37. The number of alkyl halides is 3.